The van der Waals surface area contributed by atoms with Crippen molar-refractivity contribution in [2.24, 2.45) is 4.99 Å². The fourth-order valence-electron chi connectivity index (χ4n) is 3.88. The molecule has 1 aromatic carbocycles. The lowest BCUT2D eigenvalue weighted by atomic mass is 10.00. The molecule has 1 N–H and O–H groups in total. The lowest BCUT2D eigenvalue weighted by molar-refractivity contribution is -0.130. The molecule has 0 aliphatic carbocycles. The molecule has 0 unspecified atom stereocenters. The topological polar surface area (TPSA) is 51.2 Å². The van der Waals surface area contributed by atoms with Gasteiger partial charge in [0.1, 0.15) is 0 Å². The standard InChI is InChI=1S/C21H33N5O.HI/c1-3-22-21(26-15-13-25(14-16-26)18(2)27)23-10-6-11-24-12-9-19-7-4-5-8-20(19)17-24;/h4-5,7-8H,3,6,9-17H2,1-2H3,(H,22,23);1H. The van der Waals surface area contributed by atoms with E-state index in [1.807, 2.05) is 4.90 Å². The second-order valence-corrected chi connectivity index (χ2v) is 7.38. The number of carbonyl (C=O) groups excluding carboxylic acids is 1. The van der Waals surface area contributed by atoms with E-state index in [0.717, 1.165) is 77.7 Å². The predicted molar refractivity (Wildman–Crippen MR) is 125 cm³/mol. The fourth-order valence-corrected chi connectivity index (χ4v) is 3.88. The van der Waals surface area contributed by atoms with E-state index in [0.29, 0.717) is 0 Å². The van der Waals surface area contributed by atoms with Gasteiger partial charge in [0.15, 0.2) is 5.96 Å². The van der Waals surface area contributed by atoms with Crippen LogP contribution in [-0.2, 0) is 17.8 Å². The van der Waals surface area contributed by atoms with Crippen molar-refractivity contribution in [2.45, 2.75) is 33.2 Å². The summed E-state index contributed by atoms with van der Waals surface area (Å²) in [7, 11) is 0. The summed E-state index contributed by atoms with van der Waals surface area (Å²) in [5, 5.41) is 3.41. The molecule has 0 bridgehead atoms. The Kier molecular flexibility index (Phi) is 9.50. The number of guanidine groups is 1. The normalized spacial score (nSPS) is 17.7. The number of aliphatic imine (C=N–C) groups is 1. The van der Waals surface area contributed by atoms with Crippen LogP contribution in [0.5, 0.6) is 0 Å². The highest BCUT2D eigenvalue weighted by molar-refractivity contribution is 14.0. The number of nitrogens with zero attached hydrogens (tertiary/aromatic N) is 4. The van der Waals surface area contributed by atoms with E-state index in [1.165, 1.54) is 11.1 Å². The Morgan fingerprint density at radius 3 is 2.43 bits per heavy atom. The Morgan fingerprint density at radius 1 is 1.07 bits per heavy atom. The van der Waals surface area contributed by atoms with Crippen molar-refractivity contribution >= 4 is 35.8 Å². The number of nitrogens with one attached hydrogen (secondary N) is 1. The summed E-state index contributed by atoms with van der Waals surface area (Å²) in [5.41, 5.74) is 2.98. The van der Waals surface area contributed by atoms with Crippen LogP contribution in [-0.4, -0.2) is 78.9 Å². The van der Waals surface area contributed by atoms with E-state index in [-0.39, 0.29) is 29.9 Å². The number of carbonyl (C=O) groups is 1. The first-order valence-electron chi connectivity index (χ1n) is 10.2. The van der Waals surface area contributed by atoms with Crippen LogP contribution in [0.1, 0.15) is 31.4 Å². The van der Waals surface area contributed by atoms with Gasteiger partial charge in [0.05, 0.1) is 0 Å². The second-order valence-electron chi connectivity index (χ2n) is 7.38. The minimum absolute atomic E-state index is 0. The molecular weight excluding hydrogens is 465 g/mol. The monoisotopic (exact) mass is 499 g/mol. The van der Waals surface area contributed by atoms with Gasteiger partial charge in [0.25, 0.3) is 0 Å². The fraction of sp³-hybridized carbons (Fsp3) is 0.619. The van der Waals surface area contributed by atoms with Crippen molar-refractivity contribution in [3.05, 3.63) is 35.4 Å². The van der Waals surface area contributed by atoms with Gasteiger partial charge in [0, 0.05) is 65.8 Å². The average molecular weight is 499 g/mol. The average Bonchev–Trinajstić information content (AvgIpc) is 2.70. The van der Waals surface area contributed by atoms with Crippen LogP contribution in [0, 0.1) is 0 Å². The third-order valence-corrected chi connectivity index (χ3v) is 5.46. The molecule has 0 atom stereocenters. The van der Waals surface area contributed by atoms with Gasteiger partial charge in [-0.05, 0) is 30.9 Å². The summed E-state index contributed by atoms with van der Waals surface area (Å²) in [6.45, 7) is 12.0. The molecule has 2 heterocycles. The molecule has 0 radical (unpaired) electrons. The van der Waals surface area contributed by atoms with Crippen LogP contribution in [0.15, 0.2) is 29.3 Å². The highest BCUT2D eigenvalue weighted by Gasteiger charge is 2.21. The predicted octanol–water partition coefficient (Wildman–Crippen LogP) is 2.18. The van der Waals surface area contributed by atoms with Gasteiger partial charge in [-0.3, -0.25) is 14.7 Å². The Bertz CT molecular complexity index is 658. The quantitative estimate of drug-likeness (QED) is 0.292. The molecule has 2 aliphatic rings. The maximum Gasteiger partial charge on any atom is 0.219 e. The molecule has 1 fully saturated rings. The highest BCUT2D eigenvalue weighted by Crippen LogP contribution is 2.18. The summed E-state index contributed by atoms with van der Waals surface area (Å²) in [6, 6.07) is 8.79. The zero-order valence-electron chi connectivity index (χ0n) is 17.2. The third kappa shape index (κ3) is 6.34. The number of piperazine rings is 1. The smallest absolute Gasteiger partial charge is 0.219 e. The zero-order valence-corrected chi connectivity index (χ0v) is 19.5. The van der Waals surface area contributed by atoms with E-state index >= 15 is 0 Å². The van der Waals surface area contributed by atoms with Gasteiger partial charge >= 0.3 is 0 Å². The van der Waals surface area contributed by atoms with Crippen LogP contribution in [0.25, 0.3) is 0 Å². The molecule has 156 valence electrons. The molecule has 1 amide bonds. The molecule has 1 aromatic rings. The summed E-state index contributed by atoms with van der Waals surface area (Å²) < 4.78 is 0. The van der Waals surface area contributed by atoms with E-state index in [9.17, 15) is 4.79 Å². The number of hydrogen-bond donors (Lipinski definition) is 1. The van der Waals surface area contributed by atoms with E-state index in [1.54, 1.807) is 6.92 Å². The van der Waals surface area contributed by atoms with Gasteiger partial charge < -0.3 is 15.1 Å². The Balaban J connectivity index is 0.00000280. The minimum atomic E-state index is 0. The molecule has 0 spiro atoms. The second kappa shape index (κ2) is 11.6. The van der Waals surface area contributed by atoms with Crippen molar-refractivity contribution in [2.75, 3.05) is 52.4 Å². The van der Waals surface area contributed by atoms with E-state index < -0.39 is 0 Å². The molecule has 1 saturated heterocycles. The molecule has 3 rings (SSSR count). The zero-order chi connectivity index (χ0) is 19.1. The number of benzene rings is 1. The van der Waals surface area contributed by atoms with Gasteiger partial charge in [-0.1, -0.05) is 24.3 Å². The minimum Gasteiger partial charge on any atom is -0.357 e. The van der Waals surface area contributed by atoms with Crippen molar-refractivity contribution < 1.29 is 4.79 Å². The van der Waals surface area contributed by atoms with Crippen LogP contribution < -0.4 is 5.32 Å². The van der Waals surface area contributed by atoms with Crippen LogP contribution in [0.2, 0.25) is 0 Å². The van der Waals surface area contributed by atoms with E-state index in [2.05, 4.69) is 46.3 Å². The summed E-state index contributed by atoms with van der Waals surface area (Å²) in [6.07, 6.45) is 2.23. The lowest BCUT2D eigenvalue weighted by Crippen LogP contribution is -2.53. The van der Waals surface area contributed by atoms with Gasteiger partial charge in [-0.2, -0.15) is 0 Å². The molecule has 0 aromatic heterocycles. The largest absolute Gasteiger partial charge is 0.357 e. The van der Waals surface area contributed by atoms with Crippen molar-refractivity contribution in [3.63, 3.8) is 0 Å². The number of halogens is 1. The highest BCUT2D eigenvalue weighted by atomic mass is 127. The number of amides is 1. The maximum atomic E-state index is 11.5. The summed E-state index contributed by atoms with van der Waals surface area (Å²) >= 11 is 0. The van der Waals surface area contributed by atoms with Gasteiger partial charge in [0.2, 0.25) is 5.91 Å². The van der Waals surface area contributed by atoms with Crippen LogP contribution in [0.3, 0.4) is 0 Å². The van der Waals surface area contributed by atoms with Gasteiger partial charge in [-0.25, -0.2) is 0 Å². The van der Waals surface area contributed by atoms with Crippen LogP contribution >= 0.6 is 24.0 Å². The first-order chi connectivity index (χ1) is 13.2. The number of fused-ring (bicyclic) bond motifs is 1. The van der Waals surface area contributed by atoms with Gasteiger partial charge in [-0.15, -0.1) is 24.0 Å². The Hall–Kier alpha value is -1.35. The molecule has 0 saturated carbocycles. The first kappa shape index (κ1) is 22.9. The Morgan fingerprint density at radius 2 is 1.75 bits per heavy atom. The first-order valence-corrected chi connectivity index (χ1v) is 10.2. The molecular formula is C21H34IN5O. The Labute approximate surface area is 186 Å². The van der Waals surface area contributed by atoms with Crippen molar-refractivity contribution in [1.29, 1.82) is 0 Å². The van der Waals surface area contributed by atoms with E-state index in [4.69, 9.17) is 4.99 Å². The molecule has 2 aliphatic heterocycles. The summed E-state index contributed by atoms with van der Waals surface area (Å²) in [5.74, 6) is 1.16. The van der Waals surface area contributed by atoms with Crippen molar-refractivity contribution in [1.82, 2.24) is 20.0 Å². The molecule has 6 nitrogen and oxygen atoms in total. The third-order valence-electron chi connectivity index (χ3n) is 5.46. The van der Waals surface area contributed by atoms with Crippen molar-refractivity contribution in [3.8, 4) is 0 Å². The molecule has 7 heteroatoms. The maximum absolute atomic E-state index is 11.5. The lowest BCUT2D eigenvalue weighted by Gasteiger charge is -2.36. The molecule has 28 heavy (non-hydrogen) atoms. The number of rotatable bonds is 5. The summed E-state index contributed by atoms with van der Waals surface area (Å²) in [4.78, 5) is 23.1. The van der Waals surface area contributed by atoms with Crippen LogP contribution in [0.4, 0.5) is 0 Å². The number of hydrogen-bond acceptors (Lipinski definition) is 3. The SMILES string of the molecule is CCNC(=NCCCN1CCc2ccccc2C1)N1CCN(C(C)=O)CC1.I.